The first-order chi connectivity index (χ1) is 12.2. The molecule has 1 amide bonds. The third-order valence-corrected chi connectivity index (χ3v) is 5.19. The van der Waals surface area contributed by atoms with Crippen LogP contribution >= 0.6 is 11.6 Å². The molecular weight excluding hydrogens is 376 g/mol. The molecule has 0 aliphatic heterocycles. The van der Waals surface area contributed by atoms with E-state index in [0.717, 1.165) is 16.1 Å². The second-order valence-corrected chi connectivity index (χ2v) is 8.05. The van der Waals surface area contributed by atoms with E-state index in [1.807, 2.05) is 0 Å². The molecule has 2 aromatic carbocycles. The molecular formula is C18H19ClN2O4S. The third-order valence-electron chi connectivity index (χ3n) is 3.68. The highest BCUT2D eigenvalue weighted by Crippen LogP contribution is 2.19. The second kappa shape index (κ2) is 8.33. The molecule has 0 fully saturated rings. The van der Waals surface area contributed by atoms with Crippen LogP contribution in [-0.4, -0.2) is 32.9 Å². The first-order valence-corrected chi connectivity index (χ1v) is 10.00. The molecule has 0 bridgehead atoms. The van der Waals surface area contributed by atoms with Gasteiger partial charge in [-0.15, -0.1) is 0 Å². The van der Waals surface area contributed by atoms with Crippen LogP contribution in [0.3, 0.4) is 0 Å². The van der Waals surface area contributed by atoms with Gasteiger partial charge in [-0.2, -0.15) is 0 Å². The van der Waals surface area contributed by atoms with Crippen molar-refractivity contribution in [3.05, 3.63) is 64.7 Å². The molecule has 138 valence electrons. The van der Waals surface area contributed by atoms with E-state index in [9.17, 15) is 18.0 Å². The molecule has 0 saturated heterocycles. The Morgan fingerprint density at radius 1 is 1.08 bits per heavy atom. The van der Waals surface area contributed by atoms with Crippen LogP contribution < -0.4 is 9.62 Å². The molecule has 0 saturated carbocycles. The van der Waals surface area contributed by atoms with Crippen LogP contribution in [0, 0.1) is 0 Å². The van der Waals surface area contributed by atoms with Crippen molar-refractivity contribution >= 4 is 39.0 Å². The van der Waals surface area contributed by atoms with E-state index in [2.05, 4.69) is 5.32 Å². The summed E-state index contributed by atoms with van der Waals surface area (Å²) in [5.41, 5.74) is 1.51. The zero-order valence-corrected chi connectivity index (χ0v) is 16.0. The van der Waals surface area contributed by atoms with Gasteiger partial charge in [0.05, 0.1) is 11.9 Å². The highest BCUT2D eigenvalue weighted by atomic mass is 35.5. The molecule has 0 spiro atoms. The van der Waals surface area contributed by atoms with Crippen LogP contribution in [0.25, 0.3) is 0 Å². The summed E-state index contributed by atoms with van der Waals surface area (Å²) >= 11 is 6.04. The number of nitrogens with zero attached hydrogens (tertiary/aromatic N) is 1. The van der Waals surface area contributed by atoms with E-state index in [0.29, 0.717) is 16.3 Å². The molecule has 0 unspecified atom stereocenters. The minimum absolute atomic E-state index is 0.125. The average Bonchev–Trinajstić information content (AvgIpc) is 2.58. The molecule has 0 aromatic heterocycles. The maximum atomic E-state index is 12.2. The van der Waals surface area contributed by atoms with Gasteiger partial charge in [0.1, 0.15) is 6.54 Å². The van der Waals surface area contributed by atoms with E-state index in [4.69, 9.17) is 11.6 Å². The van der Waals surface area contributed by atoms with Crippen LogP contribution in [0.4, 0.5) is 5.69 Å². The Hall–Kier alpha value is -2.38. The Bertz CT molecular complexity index is 911. The van der Waals surface area contributed by atoms with Crippen molar-refractivity contribution in [2.24, 2.45) is 0 Å². The number of ketones is 1. The number of halogens is 1. The van der Waals surface area contributed by atoms with E-state index in [1.165, 1.54) is 31.2 Å². The fourth-order valence-corrected chi connectivity index (χ4v) is 3.34. The van der Waals surface area contributed by atoms with Gasteiger partial charge in [-0.25, -0.2) is 8.42 Å². The number of hydrogen-bond donors (Lipinski definition) is 1. The molecule has 26 heavy (non-hydrogen) atoms. The summed E-state index contributed by atoms with van der Waals surface area (Å²) in [6.45, 7) is 1.24. The van der Waals surface area contributed by atoms with Crippen molar-refractivity contribution < 1.29 is 18.0 Å². The number of amides is 1. The van der Waals surface area contributed by atoms with Gasteiger partial charge in [-0.3, -0.25) is 13.9 Å². The molecule has 0 atom stereocenters. The fraction of sp³-hybridized carbons (Fsp3) is 0.222. The topological polar surface area (TPSA) is 83.6 Å². The maximum Gasteiger partial charge on any atom is 0.241 e. The molecule has 8 heteroatoms. The van der Waals surface area contributed by atoms with Crippen molar-refractivity contribution in [3.63, 3.8) is 0 Å². The van der Waals surface area contributed by atoms with Gasteiger partial charge in [0.15, 0.2) is 5.78 Å². The Morgan fingerprint density at radius 2 is 1.69 bits per heavy atom. The number of hydrogen-bond acceptors (Lipinski definition) is 4. The van der Waals surface area contributed by atoms with Crippen LogP contribution in [-0.2, 0) is 21.4 Å². The minimum Gasteiger partial charge on any atom is -0.350 e. The number of anilines is 1. The number of rotatable bonds is 7. The lowest BCUT2D eigenvalue weighted by Gasteiger charge is -2.22. The highest BCUT2D eigenvalue weighted by Gasteiger charge is 2.21. The highest BCUT2D eigenvalue weighted by molar-refractivity contribution is 7.92. The fourth-order valence-electron chi connectivity index (χ4n) is 2.28. The SMILES string of the molecule is CC(=O)c1ccc(N(CC(=O)NCc2ccccc2Cl)S(C)(=O)=O)cc1. The standard InChI is InChI=1S/C18H19ClN2O4S/c1-13(22)14-7-9-16(10-8-14)21(26(2,24)25)12-18(23)20-11-15-5-3-4-6-17(15)19/h3-10H,11-12H2,1-2H3,(H,20,23). The van der Waals surface area contributed by atoms with Crippen LogP contribution in [0.1, 0.15) is 22.8 Å². The number of sulfonamides is 1. The van der Waals surface area contributed by atoms with E-state index in [1.54, 1.807) is 24.3 Å². The van der Waals surface area contributed by atoms with Crippen molar-refractivity contribution in [3.8, 4) is 0 Å². The summed E-state index contributed by atoms with van der Waals surface area (Å²) < 4.78 is 25.1. The number of nitrogens with one attached hydrogen (secondary N) is 1. The quantitative estimate of drug-likeness (QED) is 0.731. The maximum absolute atomic E-state index is 12.2. The second-order valence-electron chi connectivity index (χ2n) is 5.74. The summed E-state index contributed by atoms with van der Waals surface area (Å²) in [6.07, 6.45) is 1.02. The molecule has 6 nitrogen and oxygen atoms in total. The lowest BCUT2D eigenvalue weighted by molar-refractivity contribution is -0.119. The van der Waals surface area contributed by atoms with E-state index >= 15 is 0 Å². The number of carbonyl (C=O) groups excluding carboxylic acids is 2. The van der Waals surface area contributed by atoms with E-state index < -0.39 is 15.9 Å². The van der Waals surface area contributed by atoms with Crippen molar-refractivity contribution in [1.29, 1.82) is 0 Å². The first-order valence-electron chi connectivity index (χ1n) is 7.77. The van der Waals surface area contributed by atoms with Gasteiger partial charge in [0, 0.05) is 17.1 Å². The zero-order valence-electron chi connectivity index (χ0n) is 14.4. The van der Waals surface area contributed by atoms with Gasteiger partial charge in [0.25, 0.3) is 0 Å². The Labute approximate surface area is 157 Å². The average molecular weight is 395 g/mol. The third kappa shape index (κ3) is 5.31. The van der Waals surface area contributed by atoms with Gasteiger partial charge in [-0.05, 0) is 42.8 Å². The molecule has 2 rings (SSSR count). The summed E-state index contributed by atoms with van der Waals surface area (Å²) in [6, 6.07) is 13.1. The minimum atomic E-state index is -3.68. The zero-order chi connectivity index (χ0) is 19.3. The largest absolute Gasteiger partial charge is 0.350 e. The Kier molecular flexibility index (Phi) is 6.39. The molecule has 0 aliphatic rings. The molecule has 0 radical (unpaired) electrons. The monoisotopic (exact) mass is 394 g/mol. The van der Waals surface area contributed by atoms with Gasteiger partial charge >= 0.3 is 0 Å². The van der Waals surface area contributed by atoms with Crippen molar-refractivity contribution in [1.82, 2.24) is 5.32 Å². The summed E-state index contributed by atoms with van der Waals surface area (Å²) in [5.74, 6) is -0.592. The smallest absolute Gasteiger partial charge is 0.241 e. The molecule has 1 N–H and O–H groups in total. The molecule has 2 aromatic rings. The number of carbonyl (C=O) groups is 2. The summed E-state index contributed by atoms with van der Waals surface area (Å²) in [7, 11) is -3.68. The van der Waals surface area contributed by atoms with E-state index in [-0.39, 0.29) is 18.9 Å². The number of Topliss-reactive ketones (excluding diaryl/α,β-unsaturated/α-hetero) is 1. The van der Waals surface area contributed by atoms with Gasteiger partial charge in [0.2, 0.25) is 15.9 Å². The predicted octanol–water partition coefficient (Wildman–Crippen LogP) is 2.63. The predicted molar refractivity (Wildman–Crippen MR) is 102 cm³/mol. The first kappa shape index (κ1) is 19.9. The van der Waals surface area contributed by atoms with Crippen molar-refractivity contribution in [2.75, 3.05) is 17.1 Å². The molecule has 0 heterocycles. The van der Waals surface area contributed by atoms with Crippen LogP contribution in [0.15, 0.2) is 48.5 Å². The lowest BCUT2D eigenvalue weighted by Crippen LogP contribution is -2.40. The van der Waals surface area contributed by atoms with Gasteiger partial charge < -0.3 is 5.32 Å². The number of benzene rings is 2. The molecule has 0 aliphatic carbocycles. The lowest BCUT2D eigenvalue weighted by atomic mass is 10.1. The Morgan fingerprint density at radius 3 is 2.23 bits per heavy atom. The van der Waals surface area contributed by atoms with Crippen LogP contribution in [0.2, 0.25) is 5.02 Å². The van der Waals surface area contributed by atoms with Crippen LogP contribution in [0.5, 0.6) is 0 Å². The Balaban J connectivity index is 2.11. The summed E-state index contributed by atoms with van der Waals surface area (Å²) in [5, 5.41) is 3.18. The van der Waals surface area contributed by atoms with Gasteiger partial charge in [-0.1, -0.05) is 29.8 Å². The van der Waals surface area contributed by atoms with Crippen molar-refractivity contribution in [2.45, 2.75) is 13.5 Å². The summed E-state index contributed by atoms with van der Waals surface area (Å²) in [4.78, 5) is 23.6. The normalized spacial score (nSPS) is 11.0.